The van der Waals surface area contributed by atoms with Gasteiger partial charge < -0.3 is 14.9 Å². The maximum atomic E-state index is 2.44. The van der Waals surface area contributed by atoms with Gasteiger partial charge in [0.15, 0.2) is 0 Å². The van der Waals surface area contributed by atoms with E-state index in [0.29, 0.717) is 5.41 Å². The minimum atomic E-state index is 0. The first-order valence-electron chi connectivity index (χ1n) is 9.01. The summed E-state index contributed by atoms with van der Waals surface area (Å²) in [6.45, 7) is 9.53. The molecule has 3 heteroatoms. The largest absolute Gasteiger partial charge is 3.00 e. The van der Waals surface area contributed by atoms with Crippen molar-refractivity contribution in [3.8, 4) is 0 Å². The van der Waals surface area contributed by atoms with Gasteiger partial charge in [-0.05, 0) is 24.7 Å². The van der Waals surface area contributed by atoms with Crippen LogP contribution in [-0.2, 0) is 21.7 Å². The molecule has 0 heterocycles. The summed E-state index contributed by atoms with van der Waals surface area (Å²) >= 11 is 0. The first-order valence-corrected chi connectivity index (χ1v) is 11.5. The van der Waals surface area contributed by atoms with Crippen LogP contribution >= 0.6 is 17.2 Å². The van der Waals surface area contributed by atoms with Crippen molar-refractivity contribution in [2.24, 2.45) is 5.41 Å². The number of hydrogen-bond acceptors (Lipinski definition) is 0. The minimum Gasteiger partial charge on any atom is -0.358 e. The zero-order valence-corrected chi connectivity index (χ0v) is 20.4. The van der Waals surface area contributed by atoms with E-state index < -0.39 is 0 Å². The van der Waals surface area contributed by atoms with Gasteiger partial charge in [0.1, 0.15) is 0 Å². The van der Waals surface area contributed by atoms with Crippen LogP contribution in [0.5, 0.6) is 0 Å². The summed E-state index contributed by atoms with van der Waals surface area (Å²) in [7, 11) is 2.41. The summed E-state index contributed by atoms with van der Waals surface area (Å²) in [6.07, 6.45) is 15.9. The third kappa shape index (κ3) is 11.0. The van der Waals surface area contributed by atoms with Crippen molar-refractivity contribution in [2.45, 2.75) is 91.1 Å². The molecule has 1 aliphatic carbocycles. The SMILES string of the molecule is CCCCP[C-]1CC(PCCCC)CC(CC)(CC)C1.[CH3-].[CH3-].[Ti+3]. The quantitative estimate of drug-likeness (QED) is 0.154. The fraction of sp³-hybridized carbons (Fsp3) is 0.850. The zero-order valence-electron chi connectivity index (χ0n) is 16.9. The van der Waals surface area contributed by atoms with Crippen LogP contribution in [0.3, 0.4) is 0 Å². The molecule has 0 amide bonds. The van der Waals surface area contributed by atoms with E-state index in [1.165, 1.54) is 87.3 Å². The molecule has 1 aliphatic rings. The molecule has 0 aromatic rings. The molecule has 0 aromatic heterocycles. The van der Waals surface area contributed by atoms with Crippen molar-refractivity contribution in [2.75, 3.05) is 12.3 Å². The average Bonchev–Trinajstić information content (AvgIpc) is 2.47. The normalized spacial score (nSPS) is 21.1. The Morgan fingerprint density at radius 1 is 0.957 bits per heavy atom. The summed E-state index contributed by atoms with van der Waals surface area (Å²) in [5, 5.41) is 0. The van der Waals surface area contributed by atoms with Crippen molar-refractivity contribution in [3.63, 3.8) is 0 Å². The summed E-state index contributed by atoms with van der Waals surface area (Å²) in [5.74, 6) is 0. The fourth-order valence-electron chi connectivity index (χ4n) is 3.48. The van der Waals surface area contributed by atoms with Gasteiger partial charge in [0.25, 0.3) is 0 Å². The van der Waals surface area contributed by atoms with E-state index in [9.17, 15) is 0 Å². The predicted octanol–water partition coefficient (Wildman–Crippen LogP) is 7.73. The van der Waals surface area contributed by atoms with Crippen LogP contribution in [0.4, 0.5) is 0 Å². The predicted molar refractivity (Wildman–Crippen MR) is 113 cm³/mol. The van der Waals surface area contributed by atoms with E-state index in [1.54, 1.807) is 0 Å². The van der Waals surface area contributed by atoms with Crippen molar-refractivity contribution in [3.05, 3.63) is 20.5 Å². The standard InChI is InChI=1S/C18H37P2.2CH3.Ti/c1-5-9-11-19-16-13-17(20-12-10-6-2)15-18(7-3,8-4)14-16;;;/h16,19-20H,5-15H2,1-4H3;2*1H3;/q3*-1;+3. The fourth-order valence-corrected chi connectivity index (χ4v) is 7.39. The summed E-state index contributed by atoms with van der Waals surface area (Å²) < 4.78 is 0. The number of rotatable bonds is 10. The Bertz CT molecular complexity index is 222. The van der Waals surface area contributed by atoms with Gasteiger partial charge in [0, 0.05) is 0 Å². The third-order valence-corrected chi connectivity index (χ3v) is 8.24. The Hall–Kier alpha value is 1.57. The minimum absolute atomic E-state index is 0. The van der Waals surface area contributed by atoms with E-state index in [4.69, 9.17) is 0 Å². The van der Waals surface area contributed by atoms with Gasteiger partial charge in [0.2, 0.25) is 0 Å². The van der Waals surface area contributed by atoms with E-state index in [2.05, 4.69) is 27.7 Å². The van der Waals surface area contributed by atoms with Gasteiger partial charge in [-0.15, -0.1) is 8.58 Å². The van der Waals surface area contributed by atoms with Gasteiger partial charge in [-0.2, -0.15) is 12.8 Å². The molecule has 137 valence electrons. The van der Waals surface area contributed by atoms with Crippen LogP contribution in [0.15, 0.2) is 0 Å². The van der Waals surface area contributed by atoms with Crippen molar-refractivity contribution in [1.29, 1.82) is 0 Å². The van der Waals surface area contributed by atoms with E-state index in [-0.39, 0.29) is 36.6 Å². The van der Waals surface area contributed by atoms with Crippen LogP contribution < -0.4 is 0 Å². The molecule has 3 atom stereocenters. The molecule has 1 rings (SSSR count). The molecule has 0 aromatic carbocycles. The molecular weight excluding hydrogens is 350 g/mol. The number of hydrogen-bond donors (Lipinski definition) is 0. The third-order valence-electron chi connectivity index (χ3n) is 5.13. The second-order valence-corrected chi connectivity index (χ2v) is 9.97. The molecule has 1 saturated carbocycles. The smallest absolute Gasteiger partial charge is 0.358 e. The van der Waals surface area contributed by atoms with Crippen LogP contribution in [0.2, 0.25) is 0 Å². The van der Waals surface area contributed by atoms with Crippen molar-refractivity contribution < 1.29 is 21.7 Å². The van der Waals surface area contributed by atoms with E-state index in [1.807, 2.05) is 5.66 Å². The molecule has 0 saturated heterocycles. The molecule has 1 radical (unpaired) electrons. The molecule has 0 spiro atoms. The first-order chi connectivity index (χ1) is 9.69. The molecule has 0 bridgehead atoms. The Morgan fingerprint density at radius 3 is 2.04 bits per heavy atom. The Balaban J connectivity index is -0.00000133. The van der Waals surface area contributed by atoms with Crippen LogP contribution in [-0.4, -0.2) is 18.0 Å². The van der Waals surface area contributed by atoms with E-state index in [0.717, 1.165) is 5.66 Å². The second kappa shape index (κ2) is 17.0. The van der Waals surface area contributed by atoms with Gasteiger partial charge in [-0.3, -0.25) is 14.2 Å². The number of unbranched alkanes of at least 4 members (excludes halogenated alkanes) is 2. The van der Waals surface area contributed by atoms with Crippen LogP contribution in [0, 0.1) is 25.9 Å². The van der Waals surface area contributed by atoms with E-state index >= 15 is 0 Å². The first kappa shape index (κ1) is 29.3. The maximum Gasteiger partial charge on any atom is 3.00 e. The van der Waals surface area contributed by atoms with Gasteiger partial charge in [-0.1, -0.05) is 71.4 Å². The van der Waals surface area contributed by atoms with Crippen molar-refractivity contribution in [1.82, 2.24) is 0 Å². The Morgan fingerprint density at radius 2 is 1.52 bits per heavy atom. The van der Waals surface area contributed by atoms with Gasteiger partial charge in [0.05, 0.1) is 0 Å². The molecular formula is C20H43P2Ti. The van der Waals surface area contributed by atoms with Gasteiger partial charge >= 0.3 is 21.7 Å². The molecule has 3 unspecified atom stereocenters. The topological polar surface area (TPSA) is 0 Å². The van der Waals surface area contributed by atoms with Crippen LogP contribution in [0.1, 0.15) is 85.5 Å². The molecule has 0 nitrogen and oxygen atoms in total. The maximum absolute atomic E-state index is 2.44. The molecule has 1 fully saturated rings. The van der Waals surface area contributed by atoms with Crippen molar-refractivity contribution >= 4 is 17.2 Å². The molecule has 0 N–H and O–H groups in total. The molecule has 23 heavy (non-hydrogen) atoms. The summed E-state index contributed by atoms with van der Waals surface area (Å²) in [6, 6.07) is 0. The van der Waals surface area contributed by atoms with Gasteiger partial charge in [-0.25, -0.2) is 0 Å². The second-order valence-electron chi connectivity index (χ2n) is 6.68. The monoisotopic (exact) mass is 393 g/mol. The summed E-state index contributed by atoms with van der Waals surface area (Å²) in [4.78, 5) is 0. The Kier molecular flexibility index (Phi) is 21.7. The zero-order chi connectivity index (χ0) is 14.8. The Labute approximate surface area is 168 Å². The van der Waals surface area contributed by atoms with Crippen LogP contribution in [0.25, 0.3) is 0 Å². The molecule has 0 aliphatic heterocycles. The summed E-state index contributed by atoms with van der Waals surface area (Å²) in [5.41, 5.74) is 3.68. The average molecular weight is 393 g/mol.